The lowest BCUT2D eigenvalue weighted by molar-refractivity contribution is -0.144. The number of fused-ring (bicyclic) bond motifs is 2. The fourth-order valence-corrected chi connectivity index (χ4v) is 2.64. The van der Waals surface area contributed by atoms with Crippen LogP contribution in [0.2, 0.25) is 0 Å². The van der Waals surface area contributed by atoms with Crippen LogP contribution in [-0.4, -0.2) is 15.7 Å². The lowest BCUT2D eigenvalue weighted by Gasteiger charge is -2.10. The van der Waals surface area contributed by atoms with E-state index < -0.39 is 12.0 Å². The Labute approximate surface area is 151 Å². The monoisotopic (exact) mass is 370 g/mol. The van der Waals surface area contributed by atoms with E-state index in [-0.39, 0.29) is 11.3 Å². The number of nitrogens with zero attached hydrogens (tertiary/aromatic N) is 3. The Morgan fingerprint density at radius 3 is 2.56 bits per heavy atom. The number of aromatic nitrogens is 2. The van der Waals surface area contributed by atoms with Gasteiger partial charge >= 0.3 is 6.18 Å². The molecular formula is C19H13F3N4O. The van der Waals surface area contributed by atoms with Crippen LogP contribution in [0.15, 0.2) is 64.1 Å². The van der Waals surface area contributed by atoms with E-state index in [2.05, 4.69) is 20.5 Å². The summed E-state index contributed by atoms with van der Waals surface area (Å²) in [5.74, 6) is -0.734. The zero-order valence-electron chi connectivity index (χ0n) is 14.1. The highest BCUT2D eigenvalue weighted by atomic mass is 19.4. The van der Waals surface area contributed by atoms with Gasteiger partial charge in [0.1, 0.15) is 11.3 Å². The molecule has 2 aromatic heterocycles. The summed E-state index contributed by atoms with van der Waals surface area (Å²) >= 11 is 0. The molecule has 1 N–H and O–H groups in total. The maximum atomic E-state index is 13.1. The molecule has 2 aromatic carbocycles. The molecule has 0 aliphatic heterocycles. The third kappa shape index (κ3) is 3.33. The number of furan rings is 1. The first-order chi connectivity index (χ1) is 12.9. The van der Waals surface area contributed by atoms with Gasteiger partial charge in [0.2, 0.25) is 5.82 Å². The van der Waals surface area contributed by atoms with E-state index in [0.717, 1.165) is 5.39 Å². The molecular weight excluding hydrogens is 357 g/mol. The van der Waals surface area contributed by atoms with Gasteiger partial charge in [-0.15, -0.1) is 0 Å². The normalized spacial score (nSPS) is 12.7. The van der Waals surface area contributed by atoms with E-state index in [4.69, 9.17) is 4.42 Å². The number of para-hydroxylation sites is 2. The van der Waals surface area contributed by atoms with Gasteiger partial charge in [0.05, 0.1) is 5.52 Å². The zero-order valence-corrected chi connectivity index (χ0v) is 14.1. The van der Waals surface area contributed by atoms with Crippen LogP contribution in [0.1, 0.15) is 18.5 Å². The quantitative estimate of drug-likeness (QED) is 0.396. The van der Waals surface area contributed by atoms with Gasteiger partial charge in [-0.3, -0.25) is 5.43 Å². The molecule has 0 spiro atoms. The van der Waals surface area contributed by atoms with Gasteiger partial charge in [-0.1, -0.05) is 30.3 Å². The Morgan fingerprint density at radius 2 is 1.78 bits per heavy atom. The molecule has 4 rings (SSSR count). The second-order valence-electron chi connectivity index (χ2n) is 5.87. The maximum absolute atomic E-state index is 13.1. The highest BCUT2D eigenvalue weighted by Crippen LogP contribution is 2.30. The number of hydrogen-bond donors (Lipinski definition) is 1. The van der Waals surface area contributed by atoms with Crippen LogP contribution in [0.4, 0.5) is 19.0 Å². The summed E-state index contributed by atoms with van der Waals surface area (Å²) in [5.41, 5.74) is 3.98. The smallest absolute Gasteiger partial charge is 0.451 e. The largest absolute Gasteiger partial charge is 0.455 e. The Kier molecular flexibility index (Phi) is 4.02. The van der Waals surface area contributed by atoms with Crippen molar-refractivity contribution in [1.82, 2.24) is 9.97 Å². The molecule has 0 aliphatic rings. The Balaban J connectivity index is 1.72. The van der Waals surface area contributed by atoms with Crippen LogP contribution >= 0.6 is 0 Å². The number of anilines is 1. The lowest BCUT2D eigenvalue weighted by Crippen LogP contribution is -2.13. The van der Waals surface area contributed by atoms with Crippen LogP contribution in [0.5, 0.6) is 0 Å². The number of hydrazone groups is 1. The summed E-state index contributed by atoms with van der Waals surface area (Å²) in [5, 5.41) is 5.50. The second kappa shape index (κ2) is 6.39. The molecule has 136 valence electrons. The van der Waals surface area contributed by atoms with E-state index in [1.54, 1.807) is 25.1 Å². The fraction of sp³-hybridized carbons (Fsp3) is 0.105. The van der Waals surface area contributed by atoms with E-state index in [1.165, 1.54) is 6.07 Å². The first-order valence-corrected chi connectivity index (χ1v) is 8.05. The maximum Gasteiger partial charge on any atom is 0.451 e. The minimum Gasteiger partial charge on any atom is -0.455 e. The van der Waals surface area contributed by atoms with Crippen LogP contribution in [0.25, 0.3) is 21.9 Å². The molecule has 4 aromatic rings. The van der Waals surface area contributed by atoms with Crippen LogP contribution in [0.3, 0.4) is 0 Å². The molecule has 0 saturated carbocycles. The van der Waals surface area contributed by atoms with Gasteiger partial charge in [-0.05, 0) is 31.2 Å². The molecule has 0 saturated heterocycles. The number of nitrogens with one attached hydrogen (secondary N) is 1. The minimum absolute atomic E-state index is 0.0246. The van der Waals surface area contributed by atoms with Gasteiger partial charge in [-0.25, -0.2) is 9.97 Å². The number of benzene rings is 2. The Bertz CT molecular complexity index is 1130. The van der Waals surface area contributed by atoms with Crippen LogP contribution < -0.4 is 5.43 Å². The molecule has 5 nitrogen and oxygen atoms in total. The van der Waals surface area contributed by atoms with E-state index in [9.17, 15) is 13.2 Å². The average molecular weight is 370 g/mol. The number of hydrogen-bond acceptors (Lipinski definition) is 5. The topological polar surface area (TPSA) is 63.3 Å². The summed E-state index contributed by atoms with van der Waals surface area (Å²) < 4.78 is 44.9. The standard InChI is InChI=1S/C19H13F3N4O/c1-11(16-10-12-6-2-5-9-15(12)27-16)25-26-17-13-7-3-4-8-14(13)23-18(24-17)19(20,21)22/h2-10H,1H3,(H,23,24,26)/b25-11-. The molecule has 0 aliphatic carbocycles. The van der Waals surface area contributed by atoms with Gasteiger partial charge in [0.15, 0.2) is 11.6 Å². The third-order valence-corrected chi connectivity index (χ3v) is 3.97. The van der Waals surface area contributed by atoms with Crippen molar-refractivity contribution < 1.29 is 17.6 Å². The van der Waals surface area contributed by atoms with Crippen molar-refractivity contribution in [1.29, 1.82) is 0 Å². The molecule has 0 radical (unpaired) electrons. The molecule has 0 unspecified atom stereocenters. The number of alkyl halides is 3. The molecule has 0 amide bonds. The average Bonchev–Trinajstić information content (AvgIpc) is 3.09. The molecule has 27 heavy (non-hydrogen) atoms. The van der Waals surface area contributed by atoms with E-state index in [0.29, 0.717) is 22.4 Å². The molecule has 0 bridgehead atoms. The van der Waals surface area contributed by atoms with Gasteiger partial charge in [0, 0.05) is 10.8 Å². The van der Waals surface area contributed by atoms with E-state index >= 15 is 0 Å². The van der Waals surface area contributed by atoms with Crippen molar-refractivity contribution in [3.8, 4) is 0 Å². The van der Waals surface area contributed by atoms with Gasteiger partial charge in [0.25, 0.3) is 0 Å². The SMILES string of the molecule is C/C(=N/Nc1nc(C(F)(F)F)nc2ccccc12)c1cc2ccccc2o1. The van der Waals surface area contributed by atoms with Gasteiger partial charge in [-0.2, -0.15) is 18.3 Å². The summed E-state index contributed by atoms with van der Waals surface area (Å²) in [7, 11) is 0. The lowest BCUT2D eigenvalue weighted by atomic mass is 10.2. The second-order valence-corrected chi connectivity index (χ2v) is 5.87. The minimum atomic E-state index is -4.65. The predicted octanol–water partition coefficient (Wildman–Crippen LogP) is 5.23. The van der Waals surface area contributed by atoms with E-state index in [1.807, 2.05) is 30.3 Å². The Morgan fingerprint density at radius 1 is 1.04 bits per heavy atom. The van der Waals surface area contributed by atoms with Crippen molar-refractivity contribution in [2.75, 3.05) is 5.43 Å². The molecule has 2 heterocycles. The fourth-order valence-electron chi connectivity index (χ4n) is 2.64. The first-order valence-electron chi connectivity index (χ1n) is 8.05. The predicted molar refractivity (Wildman–Crippen MR) is 96.6 cm³/mol. The Hall–Kier alpha value is -3.42. The van der Waals surface area contributed by atoms with Crippen molar-refractivity contribution in [3.05, 3.63) is 66.2 Å². The van der Waals surface area contributed by atoms with Crippen LogP contribution in [-0.2, 0) is 6.18 Å². The van der Waals surface area contributed by atoms with Crippen LogP contribution in [0, 0.1) is 0 Å². The van der Waals surface area contributed by atoms with Crippen molar-refractivity contribution in [3.63, 3.8) is 0 Å². The van der Waals surface area contributed by atoms with Crippen molar-refractivity contribution in [2.24, 2.45) is 5.10 Å². The molecule has 0 fully saturated rings. The summed E-state index contributed by atoms with van der Waals surface area (Å²) in [6, 6.07) is 15.7. The number of halogens is 3. The summed E-state index contributed by atoms with van der Waals surface area (Å²) in [6.07, 6.45) is -4.65. The van der Waals surface area contributed by atoms with Gasteiger partial charge < -0.3 is 4.42 Å². The zero-order chi connectivity index (χ0) is 19.0. The molecule has 8 heteroatoms. The third-order valence-electron chi connectivity index (χ3n) is 3.97. The first kappa shape index (κ1) is 17.0. The molecule has 0 atom stereocenters. The summed E-state index contributed by atoms with van der Waals surface area (Å²) in [4.78, 5) is 7.17. The number of rotatable bonds is 3. The highest BCUT2D eigenvalue weighted by molar-refractivity contribution is 6.00. The highest BCUT2D eigenvalue weighted by Gasteiger charge is 2.35. The van der Waals surface area contributed by atoms with Crippen molar-refractivity contribution >= 4 is 33.4 Å². The summed E-state index contributed by atoms with van der Waals surface area (Å²) in [6.45, 7) is 1.69. The van der Waals surface area contributed by atoms with Crippen molar-refractivity contribution in [2.45, 2.75) is 13.1 Å².